The van der Waals surface area contributed by atoms with Gasteiger partial charge in [-0.05, 0) is 15.9 Å². The lowest BCUT2D eigenvalue weighted by molar-refractivity contribution is -0.139. The Morgan fingerprint density at radius 3 is 2.93 bits per heavy atom. The van der Waals surface area contributed by atoms with E-state index in [0.717, 1.165) is 0 Å². The van der Waals surface area contributed by atoms with Crippen LogP contribution in [0.2, 0.25) is 0 Å². The molecule has 0 fully saturated rings. The molecular formula is C7H8BrN3O3. The van der Waals surface area contributed by atoms with E-state index in [1.54, 1.807) is 0 Å². The van der Waals surface area contributed by atoms with Crippen LogP contribution in [-0.4, -0.2) is 35.7 Å². The molecule has 0 aliphatic carbocycles. The van der Waals surface area contributed by atoms with Crippen LogP contribution in [0, 0.1) is 0 Å². The Bertz CT molecular complexity index is 350. The van der Waals surface area contributed by atoms with Crippen molar-refractivity contribution >= 4 is 27.8 Å². The van der Waals surface area contributed by atoms with Crippen molar-refractivity contribution in [1.82, 2.24) is 15.5 Å². The van der Waals surface area contributed by atoms with Gasteiger partial charge in [-0.3, -0.25) is 14.7 Å². The van der Waals surface area contributed by atoms with Crippen molar-refractivity contribution in [2.75, 3.05) is 13.7 Å². The van der Waals surface area contributed by atoms with Crippen LogP contribution in [0.1, 0.15) is 10.5 Å². The van der Waals surface area contributed by atoms with Gasteiger partial charge in [0, 0.05) is 0 Å². The molecule has 0 aliphatic heterocycles. The van der Waals surface area contributed by atoms with Gasteiger partial charge in [0.1, 0.15) is 12.2 Å². The summed E-state index contributed by atoms with van der Waals surface area (Å²) in [6.07, 6.45) is 1.45. The molecule has 6 nitrogen and oxygen atoms in total. The van der Waals surface area contributed by atoms with Crippen molar-refractivity contribution in [2.24, 2.45) is 0 Å². The molecule has 1 rings (SSSR count). The third-order valence-electron chi connectivity index (χ3n) is 1.44. The molecule has 1 aromatic rings. The number of methoxy groups -OCH3 is 1. The number of hydrogen-bond donors (Lipinski definition) is 2. The fourth-order valence-electron chi connectivity index (χ4n) is 0.744. The first-order chi connectivity index (χ1) is 6.65. The third kappa shape index (κ3) is 2.56. The van der Waals surface area contributed by atoms with E-state index in [1.165, 1.54) is 13.3 Å². The monoisotopic (exact) mass is 261 g/mol. The highest BCUT2D eigenvalue weighted by Gasteiger charge is 2.12. The number of nitrogens with one attached hydrogen (secondary N) is 2. The van der Waals surface area contributed by atoms with E-state index >= 15 is 0 Å². The van der Waals surface area contributed by atoms with E-state index in [2.05, 4.69) is 36.2 Å². The van der Waals surface area contributed by atoms with Crippen LogP contribution in [0.5, 0.6) is 0 Å². The van der Waals surface area contributed by atoms with Crippen molar-refractivity contribution < 1.29 is 14.3 Å². The number of ether oxygens (including phenoxy) is 1. The van der Waals surface area contributed by atoms with Gasteiger partial charge in [-0.1, -0.05) is 0 Å². The van der Waals surface area contributed by atoms with Crippen molar-refractivity contribution in [2.45, 2.75) is 0 Å². The average molecular weight is 262 g/mol. The lowest BCUT2D eigenvalue weighted by Gasteiger charge is -2.01. The van der Waals surface area contributed by atoms with Crippen LogP contribution < -0.4 is 5.32 Å². The maximum Gasteiger partial charge on any atom is 0.325 e. The molecule has 0 unspecified atom stereocenters. The number of hydrogen-bond acceptors (Lipinski definition) is 4. The Balaban J connectivity index is 2.52. The Morgan fingerprint density at radius 2 is 2.43 bits per heavy atom. The molecule has 0 atom stereocenters. The Morgan fingerprint density at radius 1 is 1.71 bits per heavy atom. The summed E-state index contributed by atoms with van der Waals surface area (Å²) < 4.78 is 4.90. The summed E-state index contributed by atoms with van der Waals surface area (Å²) >= 11 is 3.12. The van der Waals surface area contributed by atoms with Crippen LogP contribution in [0.25, 0.3) is 0 Å². The number of nitrogens with zero attached hydrogens (tertiary/aromatic N) is 1. The first kappa shape index (κ1) is 10.7. The second-order valence-corrected chi connectivity index (χ2v) is 3.21. The van der Waals surface area contributed by atoms with E-state index in [0.29, 0.717) is 4.47 Å². The fraction of sp³-hybridized carbons (Fsp3) is 0.286. The molecule has 0 bridgehead atoms. The zero-order valence-electron chi connectivity index (χ0n) is 7.33. The first-order valence-electron chi connectivity index (χ1n) is 3.69. The second-order valence-electron chi connectivity index (χ2n) is 2.35. The maximum absolute atomic E-state index is 11.3. The maximum atomic E-state index is 11.3. The lowest BCUT2D eigenvalue weighted by atomic mass is 10.4. The Labute approximate surface area is 88.1 Å². The minimum absolute atomic E-state index is 0.166. The number of halogens is 1. The molecule has 2 N–H and O–H groups in total. The van der Waals surface area contributed by atoms with E-state index in [4.69, 9.17) is 0 Å². The highest BCUT2D eigenvalue weighted by molar-refractivity contribution is 9.10. The van der Waals surface area contributed by atoms with Crippen LogP contribution in [0.15, 0.2) is 10.7 Å². The number of rotatable bonds is 3. The van der Waals surface area contributed by atoms with Gasteiger partial charge < -0.3 is 10.1 Å². The molecule has 0 aliphatic rings. The largest absolute Gasteiger partial charge is 0.468 e. The summed E-state index contributed by atoms with van der Waals surface area (Å²) in [4.78, 5) is 22.0. The highest BCUT2D eigenvalue weighted by atomic mass is 79.9. The van der Waals surface area contributed by atoms with Gasteiger partial charge in [0.2, 0.25) is 0 Å². The van der Waals surface area contributed by atoms with Gasteiger partial charge in [-0.2, -0.15) is 5.10 Å². The number of carbonyl (C=O) groups is 2. The quantitative estimate of drug-likeness (QED) is 0.755. The van der Waals surface area contributed by atoms with E-state index in [9.17, 15) is 9.59 Å². The number of aromatic amines is 1. The van der Waals surface area contributed by atoms with Crippen molar-refractivity contribution in [3.63, 3.8) is 0 Å². The van der Waals surface area contributed by atoms with Gasteiger partial charge in [-0.25, -0.2) is 0 Å². The number of carbonyl (C=O) groups excluding carboxylic acids is 2. The molecule has 1 amide bonds. The Hall–Kier alpha value is -1.37. The number of amides is 1. The Kier molecular flexibility index (Phi) is 3.63. The van der Waals surface area contributed by atoms with Crippen LogP contribution in [-0.2, 0) is 9.53 Å². The van der Waals surface area contributed by atoms with Crippen molar-refractivity contribution in [1.29, 1.82) is 0 Å². The zero-order valence-corrected chi connectivity index (χ0v) is 8.92. The summed E-state index contributed by atoms with van der Waals surface area (Å²) in [6, 6.07) is 0. The molecule has 1 aromatic heterocycles. The lowest BCUT2D eigenvalue weighted by Crippen LogP contribution is -2.30. The van der Waals surface area contributed by atoms with Crippen LogP contribution >= 0.6 is 15.9 Å². The summed E-state index contributed by atoms with van der Waals surface area (Å²) in [5.74, 6) is -0.922. The number of H-pyrrole nitrogens is 1. The smallest absolute Gasteiger partial charge is 0.325 e. The average Bonchev–Trinajstić information content (AvgIpc) is 2.60. The van der Waals surface area contributed by atoms with Gasteiger partial charge in [0.15, 0.2) is 0 Å². The zero-order chi connectivity index (χ0) is 10.6. The van der Waals surface area contributed by atoms with Gasteiger partial charge >= 0.3 is 5.97 Å². The second kappa shape index (κ2) is 4.75. The summed E-state index contributed by atoms with van der Waals surface area (Å²) in [5.41, 5.74) is 0.272. The number of esters is 1. The van der Waals surface area contributed by atoms with E-state index < -0.39 is 11.9 Å². The van der Waals surface area contributed by atoms with Crippen molar-refractivity contribution in [3.05, 3.63) is 16.4 Å². The minimum Gasteiger partial charge on any atom is -0.468 e. The van der Waals surface area contributed by atoms with E-state index in [1.807, 2.05) is 0 Å². The minimum atomic E-state index is -0.506. The van der Waals surface area contributed by atoms with Gasteiger partial charge in [-0.15, -0.1) is 0 Å². The standard InChI is InChI=1S/C7H8BrN3O3/c1-14-5(12)3-9-7(13)6-4(8)2-10-11-6/h2H,3H2,1H3,(H,9,13)(H,10,11). The van der Waals surface area contributed by atoms with E-state index in [-0.39, 0.29) is 12.2 Å². The normalized spacial score (nSPS) is 9.57. The molecule has 0 spiro atoms. The molecule has 0 radical (unpaired) electrons. The predicted octanol–water partition coefficient (Wildman–Crippen LogP) is 0.0750. The van der Waals surface area contributed by atoms with Gasteiger partial charge in [0.25, 0.3) is 5.91 Å². The SMILES string of the molecule is COC(=O)CNC(=O)c1[nH]ncc1Br. The highest BCUT2D eigenvalue weighted by Crippen LogP contribution is 2.11. The summed E-state index contributed by atoms with van der Waals surface area (Å²) in [6.45, 7) is -0.166. The first-order valence-corrected chi connectivity index (χ1v) is 4.48. The van der Waals surface area contributed by atoms with Crippen molar-refractivity contribution in [3.8, 4) is 0 Å². The summed E-state index contributed by atoms with van der Waals surface area (Å²) in [7, 11) is 1.25. The molecule has 14 heavy (non-hydrogen) atoms. The fourth-order valence-corrected chi connectivity index (χ4v) is 1.11. The molecule has 0 saturated carbocycles. The predicted molar refractivity (Wildman–Crippen MR) is 50.6 cm³/mol. The molecular weight excluding hydrogens is 254 g/mol. The van der Waals surface area contributed by atoms with Gasteiger partial charge in [0.05, 0.1) is 17.8 Å². The molecule has 0 saturated heterocycles. The van der Waals surface area contributed by atoms with Crippen LogP contribution in [0.3, 0.4) is 0 Å². The molecule has 0 aromatic carbocycles. The molecule has 7 heteroatoms. The van der Waals surface area contributed by atoms with Crippen LogP contribution in [0.4, 0.5) is 0 Å². The molecule has 1 heterocycles. The molecule has 76 valence electrons. The third-order valence-corrected chi connectivity index (χ3v) is 2.04. The number of aromatic nitrogens is 2. The topological polar surface area (TPSA) is 84.1 Å². The summed E-state index contributed by atoms with van der Waals surface area (Å²) in [5, 5.41) is 8.49.